The molecule has 6 rings (SSSR count). The van der Waals surface area contributed by atoms with Crippen LogP contribution in [-0.4, -0.2) is 4.98 Å². The van der Waals surface area contributed by atoms with Crippen LogP contribution in [0.2, 0.25) is 0 Å². The van der Waals surface area contributed by atoms with Gasteiger partial charge in [0.15, 0.2) is 0 Å². The lowest BCUT2D eigenvalue weighted by molar-refractivity contribution is 0.500. The number of rotatable bonds is 4. The maximum absolute atomic E-state index is 6.11. The van der Waals surface area contributed by atoms with Crippen LogP contribution in [0.25, 0.3) is 55.2 Å². The standard InChI is InChI=1S/C34H33NO2/c1-20(2)13-26-16-25-15-23(11-12-31(25)37-26)28-18-30(35-33-32(28)21(3)19-36-33)24-14-22-9-7-8-10-27(22)29(17-24)34(4,5)6/h7-12,14-20H,13H2,1-6H3. The molecule has 0 bridgehead atoms. The van der Waals surface area contributed by atoms with Gasteiger partial charge in [-0.1, -0.05) is 65.0 Å². The van der Waals surface area contributed by atoms with Crippen LogP contribution in [0.1, 0.15) is 51.5 Å². The third kappa shape index (κ3) is 4.23. The molecule has 0 aliphatic heterocycles. The average Bonchev–Trinajstić information content (AvgIpc) is 3.43. The van der Waals surface area contributed by atoms with E-state index in [9.17, 15) is 0 Å². The van der Waals surface area contributed by atoms with E-state index in [4.69, 9.17) is 13.8 Å². The molecule has 0 aliphatic carbocycles. The predicted molar refractivity (Wildman–Crippen MR) is 154 cm³/mol. The number of nitrogens with zero attached hydrogens (tertiary/aromatic N) is 1. The molecule has 0 unspecified atom stereocenters. The third-order valence-corrected chi connectivity index (χ3v) is 7.18. The van der Waals surface area contributed by atoms with Crippen molar-refractivity contribution in [1.29, 1.82) is 0 Å². The Hall–Kier alpha value is -3.85. The number of fused-ring (bicyclic) bond motifs is 3. The molecule has 0 spiro atoms. The van der Waals surface area contributed by atoms with Gasteiger partial charge in [-0.25, -0.2) is 4.98 Å². The van der Waals surface area contributed by atoms with Gasteiger partial charge in [-0.05, 0) is 87.7 Å². The summed E-state index contributed by atoms with van der Waals surface area (Å²) in [4.78, 5) is 5.00. The van der Waals surface area contributed by atoms with Crippen molar-refractivity contribution in [2.75, 3.05) is 0 Å². The zero-order valence-corrected chi connectivity index (χ0v) is 22.5. The summed E-state index contributed by atoms with van der Waals surface area (Å²) < 4.78 is 12.1. The summed E-state index contributed by atoms with van der Waals surface area (Å²) in [5.41, 5.74) is 8.29. The normalized spacial score (nSPS) is 12.4. The first-order valence-corrected chi connectivity index (χ1v) is 13.1. The summed E-state index contributed by atoms with van der Waals surface area (Å²) in [6.45, 7) is 13.3. The maximum Gasteiger partial charge on any atom is 0.227 e. The van der Waals surface area contributed by atoms with E-state index >= 15 is 0 Å². The molecule has 3 nitrogen and oxygen atoms in total. The lowest BCUT2D eigenvalue weighted by Gasteiger charge is -2.23. The zero-order valence-electron chi connectivity index (χ0n) is 22.5. The van der Waals surface area contributed by atoms with Crippen molar-refractivity contribution in [3.8, 4) is 22.4 Å². The van der Waals surface area contributed by atoms with Gasteiger partial charge < -0.3 is 8.83 Å². The van der Waals surface area contributed by atoms with E-state index in [2.05, 4.69) is 108 Å². The number of pyridine rings is 1. The lowest BCUT2D eigenvalue weighted by atomic mass is 9.82. The van der Waals surface area contributed by atoms with Crippen molar-refractivity contribution in [1.82, 2.24) is 4.98 Å². The Kier molecular flexibility index (Phi) is 5.49. The predicted octanol–water partition coefficient (Wildman–Crippen LogP) is 9.87. The molecular weight excluding hydrogens is 454 g/mol. The molecule has 3 aromatic heterocycles. The molecule has 3 heterocycles. The number of furan rings is 2. The van der Waals surface area contributed by atoms with Crippen LogP contribution in [0, 0.1) is 12.8 Å². The Bertz CT molecular complexity index is 1780. The Labute approximate surface area is 218 Å². The number of hydrogen-bond donors (Lipinski definition) is 0. The molecule has 3 heteroatoms. The Morgan fingerprint density at radius 1 is 0.865 bits per heavy atom. The molecule has 0 atom stereocenters. The highest BCUT2D eigenvalue weighted by molar-refractivity contribution is 5.99. The molecule has 0 saturated heterocycles. The van der Waals surface area contributed by atoms with E-state index in [1.165, 1.54) is 16.3 Å². The first-order chi connectivity index (χ1) is 17.7. The van der Waals surface area contributed by atoms with E-state index in [-0.39, 0.29) is 5.41 Å². The maximum atomic E-state index is 6.11. The van der Waals surface area contributed by atoms with E-state index in [1.54, 1.807) is 0 Å². The highest BCUT2D eigenvalue weighted by Crippen LogP contribution is 2.39. The van der Waals surface area contributed by atoms with E-state index in [1.807, 2.05) is 6.26 Å². The lowest BCUT2D eigenvalue weighted by Crippen LogP contribution is -2.12. The molecule has 3 aromatic carbocycles. The minimum atomic E-state index is 0.00380. The molecular formula is C34H33NO2. The van der Waals surface area contributed by atoms with E-state index < -0.39 is 0 Å². The number of aryl methyl sites for hydroxylation is 1. The molecule has 0 saturated carbocycles. The van der Waals surface area contributed by atoms with Crippen LogP contribution >= 0.6 is 0 Å². The van der Waals surface area contributed by atoms with Gasteiger partial charge in [-0.2, -0.15) is 0 Å². The third-order valence-electron chi connectivity index (χ3n) is 7.18. The van der Waals surface area contributed by atoms with Crippen molar-refractivity contribution in [2.24, 2.45) is 5.92 Å². The van der Waals surface area contributed by atoms with Crippen LogP contribution in [0.4, 0.5) is 0 Å². The average molecular weight is 488 g/mol. The minimum Gasteiger partial charge on any atom is -0.461 e. The second kappa shape index (κ2) is 8.62. The van der Waals surface area contributed by atoms with Crippen molar-refractivity contribution in [3.63, 3.8) is 0 Å². The zero-order chi connectivity index (χ0) is 25.9. The molecule has 37 heavy (non-hydrogen) atoms. The van der Waals surface area contributed by atoms with Gasteiger partial charge in [0.05, 0.1) is 17.3 Å². The fraction of sp³-hybridized carbons (Fsp3) is 0.265. The topological polar surface area (TPSA) is 39.2 Å². The Balaban J connectivity index is 1.56. The van der Waals surface area contributed by atoms with Gasteiger partial charge in [0, 0.05) is 17.4 Å². The first-order valence-electron chi connectivity index (χ1n) is 13.1. The van der Waals surface area contributed by atoms with Crippen LogP contribution < -0.4 is 0 Å². The van der Waals surface area contributed by atoms with Gasteiger partial charge in [-0.3, -0.25) is 0 Å². The highest BCUT2D eigenvalue weighted by Gasteiger charge is 2.20. The highest BCUT2D eigenvalue weighted by atomic mass is 16.3. The Morgan fingerprint density at radius 3 is 2.43 bits per heavy atom. The monoisotopic (exact) mass is 487 g/mol. The summed E-state index contributed by atoms with van der Waals surface area (Å²) in [5, 5.41) is 4.70. The fourth-order valence-corrected chi connectivity index (χ4v) is 5.41. The minimum absolute atomic E-state index is 0.00380. The van der Waals surface area contributed by atoms with Crippen molar-refractivity contribution >= 4 is 32.8 Å². The fourth-order valence-electron chi connectivity index (χ4n) is 5.41. The van der Waals surface area contributed by atoms with Crippen LogP contribution in [0.5, 0.6) is 0 Å². The van der Waals surface area contributed by atoms with Gasteiger partial charge in [0.1, 0.15) is 11.3 Å². The number of hydrogen-bond acceptors (Lipinski definition) is 3. The SMILES string of the molecule is Cc1coc2nc(-c3cc(C(C)(C)C)c4ccccc4c3)cc(-c3ccc4oc(CC(C)C)cc4c3)c12. The molecule has 0 aliphatic rings. The van der Waals surface area contributed by atoms with Crippen molar-refractivity contribution in [3.05, 3.63) is 89.9 Å². The smallest absolute Gasteiger partial charge is 0.227 e. The second-order valence-corrected chi connectivity index (χ2v) is 11.7. The van der Waals surface area contributed by atoms with Crippen molar-refractivity contribution in [2.45, 2.75) is 53.4 Å². The summed E-state index contributed by atoms with van der Waals surface area (Å²) in [7, 11) is 0. The molecule has 0 amide bonds. The van der Waals surface area contributed by atoms with Crippen LogP contribution in [-0.2, 0) is 11.8 Å². The Morgan fingerprint density at radius 2 is 1.65 bits per heavy atom. The van der Waals surface area contributed by atoms with Crippen molar-refractivity contribution < 1.29 is 8.83 Å². The quantitative estimate of drug-likeness (QED) is 0.248. The number of benzene rings is 3. The molecule has 0 fully saturated rings. The summed E-state index contributed by atoms with van der Waals surface area (Å²) >= 11 is 0. The first kappa shape index (κ1) is 23.5. The van der Waals surface area contributed by atoms with Gasteiger partial charge in [-0.15, -0.1) is 0 Å². The van der Waals surface area contributed by atoms with Gasteiger partial charge in [0.2, 0.25) is 5.71 Å². The van der Waals surface area contributed by atoms with E-state index in [0.717, 1.165) is 56.5 Å². The van der Waals surface area contributed by atoms with Crippen LogP contribution in [0.3, 0.4) is 0 Å². The summed E-state index contributed by atoms with van der Waals surface area (Å²) in [6.07, 6.45) is 2.75. The van der Waals surface area contributed by atoms with Gasteiger partial charge >= 0.3 is 0 Å². The molecule has 6 aromatic rings. The molecule has 186 valence electrons. The largest absolute Gasteiger partial charge is 0.461 e. The molecule has 0 radical (unpaired) electrons. The number of aromatic nitrogens is 1. The van der Waals surface area contributed by atoms with Crippen LogP contribution in [0.15, 0.2) is 81.8 Å². The summed E-state index contributed by atoms with van der Waals surface area (Å²) in [5.74, 6) is 1.59. The van der Waals surface area contributed by atoms with E-state index in [0.29, 0.717) is 11.6 Å². The van der Waals surface area contributed by atoms with Gasteiger partial charge in [0.25, 0.3) is 0 Å². The summed E-state index contributed by atoms with van der Waals surface area (Å²) in [6, 6.07) is 24.0. The molecule has 0 N–H and O–H groups in total. The second-order valence-electron chi connectivity index (χ2n) is 11.7.